The van der Waals surface area contributed by atoms with Crippen LogP contribution in [0, 0.1) is 17.3 Å². The fourth-order valence-electron chi connectivity index (χ4n) is 3.49. The van der Waals surface area contributed by atoms with Crippen LogP contribution in [0.1, 0.15) is 6.42 Å². The van der Waals surface area contributed by atoms with Crippen molar-refractivity contribution in [2.45, 2.75) is 18.8 Å². The highest BCUT2D eigenvalue weighted by atomic mass is 19.4. The molecule has 3 rings (SSSR count). The van der Waals surface area contributed by atoms with Gasteiger partial charge in [-0.3, -0.25) is 0 Å². The molecule has 3 aliphatic carbocycles. The first kappa shape index (κ1) is 11.9. The van der Waals surface area contributed by atoms with E-state index in [0.29, 0.717) is 6.42 Å². The molecule has 0 aromatic rings. The van der Waals surface area contributed by atoms with Gasteiger partial charge in [-0.1, -0.05) is 24.3 Å². The van der Waals surface area contributed by atoms with Gasteiger partial charge in [0.1, 0.15) is 0 Å². The monoisotopic (exact) mass is 266 g/mol. The fraction of sp³-hybridized carbons (Fsp3) is 0.500. The second-order valence-electron chi connectivity index (χ2n) is 4.82. The average Bonchev–Trinajstić information content (AvgIpc) is 2.64. The van der Waals surface area contributed by atoms with Crippen LogP contribution in [-0.2, 0) is 0 Å². The van der Waals surface area contributed by atoms with Gasteiger partial charge in [-0.15, -0.1) is 0 Å². The molecular formula is C12H8F6. The highest BCUT2D eigenvalue weighted by Gasteiger charge is 2.70. The molecule has 18 heavy (non-hydrogen) atoms. The molecule has 0 radical (unpaired) electrons. The van der Waals surface area contributed by atoms with Crippen molar-refractivity contribution in [3.63, 3.8) is 0 Å². The van der Waals surface area contributed by atoms with E-state index in [4.69, 9.17) is 0 Å². The minimum atomic E-state index is -4.93. The zero-order valence-corrected chi connectivity index (χ0v) is 8.94. The van der Waals surface area contributed by atoms with Gasteiger partial charge < -0.3 is 0 Å². The topological polar surface area (TPSA) is 0 Å². The van der Waals surface area contributed by atoms with Crippen molar-refractivity contribution >= 4 is 0 Å². The van der Waals surface area contributed by atoms with Crippen LogP contribution in [0.3, 0.4) is 0 Å². The Morgan fingerprint density at radius 1 is 1.00 bits per heavy atom. The van der Waals surface area contributed by atoms with Gasteiger partial charge in [-0.05, 0) is 12.3 Å². The van der Waals surface area contributed by atoms with Gasteiger partial charge in [0.05, 0.1) is 11.1 Å². The summed E-state index contributed by atoms with van der Waals surface area (Å²) in [5.74, 6) is -1.65. The molecule has 98 valence electrons. The van der Waals surface area contributed by atoms with E-state index in [1.165, 1.54) is 18.2 Å². The number of allylic oxidation sites excluding steroid dienone is 6. The van der Waals surface area contributed by atoms with Gasteiger partial charge >= 0.3 is 12.4 Å². The van der Waals surface area contributed by atoms with Crippen LogP contribution in [-0.4, -0.2) is 12.4 Å². The quantitative estimate of drug-likeness (QED) is 0.456. The zero-order valence-electron chi connectivity index (χ0n) is 8.94. The molecule has 0 N–H and O–H groups in total. The molecule has 0 aliphatic heterocycles. The summed E-state index contributed by atoms with van der Waals surface area (Å²) in [6, 6.07) is 0. The smallest absolute Gasteiger partial charge is 0.166 e. The molecule has 1 spiro atoms. The van der Waals surface area contributed by atoms with Crippen LogP contribution < -0.4 is 0 Å². The van der Waals surface area contributed by atoms with Crippen molar-refractivity contribution in [3.05, 3.63) is 35.5 Å². The van der Waals surface area contributed by atoms with Crippen LogP contribution in [0.2, 0.25) is 0 Å². The molecule has 0 saturated carbocycles. The van der Waals surface area contributed by atoms with Crippen molar-refractivity contribution in [2.75, 3.05) is 0 Å². The molecule has 0 nitrogen and oxygen atoms in total. The van der Waals surface area contributed by atoms with Crippen molar-refractivity contribution in [1.82, 2.24) is 0 Å². The van der Waals surface area contributed by atoms with Gasteiger partial charge in [0.15, 0.2) is 0 Å². The fourth-order valence-corrected chi connectivity index (χ4v) is 3.49. The first-order valence-electron chi connectivity index (χ1n) is 5.44. The number of halogens is 6. The highest BCUT2D eigenvalue weighted by molar-refractivity contribution is 5.56. The molecule has 3 unspecified atom stereocenters. The lowest BCUT2D eigenvalue weighted by atomic mass is 9.54. The Balaban J connectivity index is 2.20. The Bertz CT molecular complexity index is 490. The van der Waals surface area contributed by atoms with E-state index in [2.05, 4.69) is 0 Å². The molecule has 0 aromatic carbocycles. The molecule has 6 heteroatoms. The summed E-state index contributed by atoms with van der Waals surface area (Å²) in [7, 11) is 0. The van der Waals surface area contributed by atoms with Gasteiger partial charge in [0.25, 0.3) is 0 Å². The van der Waals surface area contributed by atoms with E-state index >= 15 is 0 Å². The lowest BCUT2D eigenvalue weighted by Crippen LogP contribution is -2.51. The molecule has 0 amide bonds. The minimum Gasteiger partial charge on any atom is -0.166 e. The zero-order chi connectivity index (χ0) is 13.3. The SMILES string of the molecule is FC(F)(F)C1=C(C(F)(F)F)C23C=CCC2C=CC13. The number of hydrogen-bond acceptors (Lipinski definition) is 0. The van der Waals surface area contributed by atoms with Gasteiger partial charge in [0, 0.05) is 11.3 Å². The third-order valence-electron chi connectivity index (χ3n) is 4.05. The molecule has 3 atom stereocenters. The first-order chi connectivity index (χ1) is 8.19. The maximum atomic E-state index is 12.9. The van der Waals surface area contributed by atoms with Gasteiger partial charge in [0.2, 0.25) is 0 Å². The molecule has 3 aliphatic rings. The molecular weight excluding hydrogens is 258 g/mol. The maximum absolute atomic E-state index is 12.9. The van der Waals surface area contributed by atoms with Gasteiger partial charge in [-0.25, -0.2) is 0 Å². The molecule has 0 heterocycles. The number of hydrogen-bond donors (Lipinski definition) is 0. The van der Waals surface area contributed by atoms with E-state index in [1.54, 1.807) is 6.08 Å². The standard InChI is InChI=1S/C12H8F6/c13-11(14,15)8-7-4-3-6-2-1-5-10(6,7)9(8)12(16,17)18/h1,3-7H,2H2. The van der Waals surface area contributed by atoms with E-state index in [1.807, 2.05) is 0 Å². The van der Waals surface area contributed by atoms with Crippen LogP contribution in [0.4, 0.5) is 26.3 Å². The van der Waals surface area contributed by atoms with Crippen molar-refractivity contribution in [1.29, 1.82) is 0 Å². The number of rotatable bonds is 0. The van der Waals surface area contributed by atoms with Crippen molar-refractivity contribution < 1.29 is 26.3 Å². The van der Waals surface area contributed by atoms with E-state index in [0.717, 1.165) is 0 Å². The van der Waals surface area contributed by atoms with E-state index in [-0.39, 0.29) is 0 Å². The first-order valence-corrected chi connectivity index (χ1v) is 5.44. The second-order valence-corrected chi connectivity index (χ2v) is 4.82. The van der Waals surface area contributed by atoms with Crippen LogP contribution in [0.25, 0.3) is 0 Å². The normalized spacial score (nSPS) is 37.9. The number of alkyl halides is 6. The Morgan fingerprint density at radius 2 is 1.67 bits per heavy atom. The summed E-state index contributed by atoms with van der Waals surface area (Å²) in [5.41, 5.74) is -4.29. The largest absolute Gasteiger partial charge is 0.413 e. The summed E-state index contributed by atoms with van der Waals surface area (Å²) < 4.78 is 77.1. The minimum absolute atomic E-state index is 0.373. The summed E-state index contributed by atoms with van der Waals surface area (Å²) in [6.45, 7) is 0. The predicted molar refractivity (Wildman–Crippen MR) is 51.4 cm³/mol. The van der Waals surface area contributed by atoms with E-state index < -0.39 is 40.7 Å². The van der Waals surface area contributed by atoms with Crippen LogP contribution in [0.15, 0.2) is 35.5 Å². The molecule has 0 aromatic heterocycles. The summed E-state index contributed by atoms with van der Waals surface area (Å²) in [6.07, 6.45) is -3.88. The summed E-state index contributed by atoms with van der Waals surface area (Å²) in [5, 5.41) is 0. The van der Waals surface area contributed by atoms with Crippen molar-refractivity contribution in [2.24, 2.45) is 17.3 Å². The molecule has 0 bridgehead atoms. The average molecular weight is 266 g/mol. The molecule has 0 fully saturated rings. The second kappa shape index (κ2) is 3.03. The maximum Gasteiger partial charge on any atom is 0.413 e. The predicted octanol–water partition coefficient (Wildman–Crippen LogP) is 4.17. The van der Waals surface area contributed by atoms with Crippen LogP contribution in [0.5, 0.6) is 0 Å². The summed E-state index contributed by atoms with van der Waals surface area (Å²) >= 11 is 0. The van der Waals surface area contributed by atoms with E-state index in [9.17, 15) is 26.3 Å². The summed E-state index contributed by atoms with van der Waals surface area (Å²) in [4.78, 5) is 0. The van der Waals surface area contributed by atoms with Gasteiger partial charge in [-0.2, -0.15) is 26.3 Å². The van der Waals surface area contributed by atoms with Crippen LogP contribution >= 0.6 is 0 Å². The third-order valence-corrected chi connectivity index (χ3v) is 4.05. The van der Waals surface area contributed by atoms with Crippen molar-refractivity contribution in [3.8, 4) is 0 Å². The lowest BCUT2D eigenvalue weighted by Gasteiger charge is -2.49. The third kappa shape index (κ3) is 1.18. The Labute approximate surface area is 98.7 Å². The highest BCUT2D eigenvalue weighted by Crippen LogP contribution is 2.70. The molecule has 0 saturated heterocycles. The Morgan fingerprint density at radius 3 is 2.22 bits per heavy atom. The Kier molecular flexibility index (Phi) is 2.00. The lowest BCUT2D eigenvalue weighted by molar-refractivity contribution is -0.150. The Hall–Kier alpha value is -1.20.